The minimum absolute atomic E-state index is 0.0347. The molecule has 23 heavy (non-hydrogen) atoms. The molecule has 3 aromatic rings. The van der Waals surface area contributed by atoms with Gasteiger partial charge in [0.1, 0.15) is 5.75 Å². The predicted octanol–water partition coefficient (Wildman–Crippen LogP) is 5.51. The summed E-state index contributed by atoms with van der Waals surface area (Å²) in [4.78, 5) is 12.3. The van der Waals surface area contributed by atoms with Crippen molar-refractivity contribution in [3.8, 4) is 5.75 Å². The zero-order chi connectivity index (χ0) is 16.2. The Balaban J connectivity index is 2.00. The van der Waals surface area contributed by atoms with Crippen molar-refractivity contribution in [1.82, 2.24) is 0 Å². The molecule has 0 saturated heterocycles. The molecule has 2 nitrogen and oxygen atoms in total. The number of hydrogen-bond acceptors (Lipinski definition) is 2. The van der Waals surface area contributed by atoms with Crippen molar-refractivity contribution in [3.05, 3.63) is 82.3 Å². The largest absolute Gasteiger partial charge is 0.496 e. The number of halogens is 1. The first-order valence-corrected chi connectivity index (χ1v) is 8.02. The molecule has 0 atom stereocenters. The summed E-state index contributed by atoms with van der Waals surface area (Å²) in [6.45, 7) is 0. The summed E-state index contributed by atoms with van der Waals surface area (Å²) < 4.78 is 6.39. The number of benzene rings is 3. The molecule has 0 aliphatic carbocycles. The van der Waals surface area contributed by atoms with Gasteiger partial charge in [0.15, 0.2) is 5.78 Å². The Morgan fingerprint density at radius 3 is 2.48 bits per heavy atom. The average molecular weight is 367 g/mol. The molecule has 0 saturated carbocycles. The van der Waals surface area contributed by atoms with Crippen LogP contribution in [0.25, 0.3) is 16.8 Å². The van der Waals surface area contributed by atoms with E-state index in [4.69, 9.17) is 4.74 Å². The second kappa shape index (κ2) is 6.80. The van der Waals surface area contributed by atoms with Crippen molar-refractivity contribution in [2.45, 2.75) is 0 Å². The lowest BCUT2D eigenvalue weighted by molar-refractivity contribution is 0.104. The van der Waals surface area contributed by atoms with Gasteiger partial charge in [-0.15, -0.1) is 0 Å². The van der Waals surface area contributed by atoms with Gasteiger partial charge in [-0.05, 0) is 53.3 Å². The van der Waals surface area contributed by atoms with E-state index in [1.165, 1.54) is 0 Å². The van der Waals surface area contributed by atoms with Gasteiger partial charge in [-0.1, -0.05) is 46.3 Å². The van der Waals surface area contributed by atoms with Gasteiger partial charge in [0.25, 0.3) is 0 Å². The number of methoxy groups -OCH3 is 1. The van der Waals surface area contributed by atoms with Gasteiger partial charge in [-0.25, -0.2) is 0 Å². The number of rotatable bonds is 4. The molecule has 0 heterocycles. The zero-order valence-electron chi connectivity index (χ0n) is 12.6. The van der Waals surface area contributed by atoms with Gasteiger partial charge < -0.3 is 4.74 Å². The van der Waals surface area contributed by atoms with Crippen molar-refractivity contribution in [1.29, 1.82) is 0 Å². The fraction of sp³-hybridized carbons (Fsp3) is 0.0500. The van der Waals surface area contributed by atoms with E-state index in [9.17, 15) is 4.79 Å². The number of allylic oxidation sites excluding steroid dienone is 1. The third kappa shape index (κ3) is 3.35. The Morgan fingerprint density at radius 2 is 1.74 bits per heavy atom. The summed E-state index contributed by atoms with van der Waals surface area (Å²) in [6.07, 6.45) is 3.42. The molecular formula is C20H15BrO2. The molecule has 0 N–H and O–H groups in total. The molecule has 3 rings (SSSR count). The van der Waals surface area contributed by atoms with E-state index >= 15 is 0 Å². The number of ketones is 1. The van der Waals surface area contributed by atoms with Crippen LogP contribution in [0.3, 0.4) is 0 Å². The van der Waals surface area contributed by atoms with Crippen LogP contribution in [-0.4, -0.2) is 12.9 Å². The molecule has 0 aliphatic rings. The first-order valence-electron chi connectivity index (χ1n) is 7.23. The lowest BCUT2D eigenvalue weighted by atomic mass is 10.0. The number of carbonyl (C=O) groups excluding carboxylic acids is 1. The van der Waals surface area contributed by atoms with E-state index in [2.05, 4.69) is 15.9 Å². The van der Waals surface area contributed by atoms with Crippen LogP contribution in [0.15, 0.2) is 71.2 Å². The van der Waals surface area contributed by atoms with Crippen LogP contribution in [0.4, 0.5) is 0 Å². The summed E-state index contributed by atoms with van der Waals surface area (Å²) in [7, 11) is 1.64. The molecule has 0 aliphatic heterocycles. The lowest BCUT2D eigenvalue weighted by Crippen LogP contribution is -1.94. The second-order valence-corrected chi connectivity index (χ2v) is 6.02. The summed E-state index contributed by atoms with van der Waals surface area (Å²) in [6, 6.07) is 19.3. The predicted molar refractivity (Wildman–Crippen MR) is 98.0 cm³/mol. The minimum atomic E-state index is -0.0347. The number of ether oxygens (including phenoxy) is 1. The highest BCUT2D eigenvalue weighted by molar-refractivity contribution is 9.10. The van der Waals surface area contributed by atoms with Crippen LogP contribution in [0, 0.1) is 0 Å². The van der Waals surface area contributed by atoms with E-state index in [1.54, 1.807) is 25.3 Å². The SMILES string of the molecule is COc1ccc2ccccc2c1/C=C/C(=O)c1ccc(Br)cc1. The van der Waals surface area contributed by atoms with Crippen LogP contribution in [-0.2, 0) is 0 Å². The molecule has 0 amide bonds. The fourth-order valence-electron chi connectivity index (χ4n) is 2.49. The summed E-state index contributed by atoms with van der Waals surface area (Å²) in [5.74, 6) is 0.719. The molecule has 114 valence electrons. The van der Waals surface area contributed by atoms with Gasteiger partial charge in [0.05, 0.1) is 7.11 Å². The Hall–Kier alpha value is -2.39. The molecule has 3 heteroatoms. The highest BCUT2D eigenvalue weighted by atomic mass is 79.9. The van der Waals surface area contributed by atoms with Crippen LogP contribution in [0.1, 0.15) is 15.9 Å². The van der Waals surface area contributed by atoms with Crippen molar-refractivity contribution in [3.63, 3.8) is 0 Å². The van der Waals surface area contributed by atoms with Crippen LogP contribution in [0.5, 0.6) is 5.75 Å². The quantitative estimate of drug-likeness (QED) is 0.449. The van der Waals surface area contributed by atoms with E-state index in [-0.39, 0.29) is 5.78 Å². The van der Waals surface area contributed by atoms with E-state index in [1.807, 2.05) is 54.6 Å². The number of hydrogen-bond donors (Lipinski definition) is 0. The molecule has 0 spiro atoms. The highest BCUT2D eigenvalue weighted by Crippen LogP contribution is 2.29. The standard InChI is InChI=1S/C20H15BrO2/c1-23-20-13-8-14-4-2-3-5-17(14)18(20)11-12-19(22)15-6-9-16(21)10-7-15/h2-13H,1H3/b12-11+. The molecule has 0 bridgehead atoms. The smallest absolute Gasteiger partial charge is 0.185 e. The number of fused-ring (bicyclic) bond motifs is 1. The first kappa shape index (κ1) is 15.5. The molecule has 0 fully saturated rings. The second-order valence-electron chi connectivity index (χ2n) is 5.11. The highest BCUT2D eigenvalue weighted by Gasteiger charge is 2.07. The van der Waals surface area contributed by atoms with Gasteiger partial charge in [-0.2, -0.15) is 0 Å². The van der Waals surface area contributed by atoms with Crippen LogP contribution >= 0.6 is 15.9 Å². The average Bonchev–Trinajstić information content (AvgIpc) is 2.59. The monoisotopic (exact) mass is 366 g/mol. The first-order chi connectivity index (χ1) is 11.2. The van der Waals surface area contributed by atoms with Crippen molar-refractivity contribution in [2.75, 3.05) is 7.11 Å². The van der Waals surface area contributed by atoms with Crippen LogP contribution < -0.4 is 4.74 Å². The maximum atomic E-state index is 12.3. The summed E-state index contributed by atoms with van der Waals surface area (Å²) in [5, 5.41) is 2.18. The van der Waals surface area contributed by atoms with Crippen molar-refractivity contribution >= 4 is 38.6 Å². The summed E-state index contributed by atoms with van der Waals surface area (Å²) in [5.41, 5.74) is 1.57. The lowest BCUT2D eigenvalue weighted by Gasteiger charge is -2.08. The van der Waals surface area contributed by atoms with Crippen molar-refractivity contribution in [2.24, 2.45) is 0 Å². The Kier molecular flexibility index (Phi) is 4.58. The van der Waals surface area contributed by atoms with Gasteiger partial charge in [0.2, 0.25) is 0 Å². The maximum absolute atomic E-state index is 12.3. The minimum Gasteiger partial charge on any atom is -0.496 e. The Morgan fingerprint density at radius 1 is 1.00 bits per heavy atom. The third-order valence-corrected chi connectivity index (χ3v) is 4.21. The number of carbonyl (C=O) groups is 1. The molecule has 0 unspecified atom stereocenters. The zero-order valence-corrected chi connectivity index (χ0v) is 14.2. The van der Waals surface area contributed by atoms with E-state index in [0.29, 0.717) is 5.56 Å². The molecule has 3 aromatic carbocycles. The molecule has 0 radical (unpaired) electrons. The van der Waals surface area contributed by atoms with Crippen molar-refractivity contribution < 1.29 is 9.53 Å². The van der Waals surface area contributed by atoms with E-state index < -0.39 is 0 Å². The van der Waals surface area contributed by atoms with Gasteiger partial charge in [0, 0.05) is 15.6 Å². The van der Waals surface area contributed by atoms with Gasteiger partial charge in [-0.3, -0.25) is 4.79 Å². The Labute approximate surface area is 143 Å². The fourth-order valence-corrected chi connectivity index (χ4v) is 2.76. The Bertz CT molecular complexity index is 880. The van der Waals surface area contributed by atoms with Gasteiger partial charge >= 0.3 is 0 Å². The van der Waals surface area contributed by atoms with E-state index in [0.717, 1.165) is 26.6 Å². The topological polar surface area (TPSA) is 26.3 Å². The summed E-state index contributed by atoms with van der Waals surface area (Å²) >= 11 is 3.37. The maximum Gasteiger partial charge on any atom is 0.185 e. The molecule has 0 aromatic heterocycles. The normalized spacial score (nSPS) is 11.0. The third-order valence-electron chi connectivity index (χ3n) is 3.68. The molecular weight excluding hydrogens is 352 g/mol. The van der Waals surface area contributed by atoms with Crippen LogP contribution in [0.2, 0.25) is 0 Å².